The minimum atomic E-state index is -4.95. The third kappa shape index (κ3) is 4.96. The fourth-order valence-corrected chi connectivity index (χ4v) is 3.07. The van der Waals surface area contributed by atoms with Crippen LogP contribution in [0.1, 0.15) is 6.42 Å². The van der Waals surface area contributed by atoms with E-state index in [0.29, 0.717) is 6.07 Å². The van der Waals surface area contributed by atoms with Crippen LogP contribution in [-0.4, -0.2) is 31.7 Å². The van der Waals surface area contributed by atoms with Crippen LogP contribution in [0.3, 0.4) is 0 Å². The third-order valence-electron chi connectivity index (χ3n) is 2.57. The predicted molar refractivity (Wildman–Crippen MR) is 62.9 cm³/mol. The van der Waals surface area contributed by atoms with Crippen LogP contribution in [-0.2, 0) is 20.2 Å². The topological polar surface area (TPSA) is 138 Å². The summed E-state index contributed by atoms with van der Waals surface area (Å²) in [5.41, 5.74) is 0.0788. The Morgan fingerprint density at radius 2 is 1.57 bits per heavy atom. The van der Waals surface area contributed by atoms with Gasteiger partial charge in [0, 0.05) is 17.4 Å². The molecule has 0 amide bonds. The number of rotatable bonds is 2. The van der Waals surface area contributed by atoms with E-state index in [4.69, 9.17) is 5.41 Å². The molecule has 0 aromatic heterocycles. The van der Waals surface area contributed by atoms with Gasteiger partial charge in [-0.2, -0.15) is 0 Å². The van der Waals surface area contributed by atoms with Gasteiger partial charge >= 0.3 is 59.1 Å². The molecule has 1 aliphatic carbocycles. The van der Waals surface area contributed by atoms with E-state index in [1.807, 2.05) is 0 Å². The van der Waals surface area contributed by atoms with Gasteiger partial charge in [0.05, 0.1) is 9.79 Å². The van der Waals surface area contributed by atoms with Gasteiger partial charge in [0.25, 0.3) is 0 Å². The van der Waals surface area contributed by atoms with E-state index < -0.39 is 30.0 Å². The largest absolute Gasteiger partial charge is 1.00 e. The number of hydrogen-bond donors (Lipinski definition) is 1. The third-order valence-corrected chi connectivity index (χ3v) is 4.26. The molecule has 0 radical (unpaired) electrons. The Labute approximate surface area is 165 Å². The van der Waals surface area contributed by atoms with Crippen molar-refractivity contribution >= 4 is 38.1 Å². The second-order valence-electron chi connectivity index (χ2n) is 3.91. The smallest absolute Gasteiger partial charge is 0.744 e. The maximum atomic E-state index is 11.1. The monoisotopic (exact) mass is 347 g/mol. The molecule has 0 bridgehead atoms. The van der Waals surface area contributed by atoms with Gasteiger partial charge in [-0.1, -0.05) is 6.08 Å². The van der Waals surface area contributed by atoms with Crippen LogP contribution in [0.25, 0.3) is 12.2 Å². The molecular weight excluding hydrogens is 340 g/mol. The minimum absolute atomic E-state index is 0. The zero-order chi connectivity index (χ0) is 14.4. The zero-order valence-electron chi connectivity index (χ0n) is 11.3. The Kier molecular flexibility index (Phi) is 7.50. The SMILES string of the molecule is N=C1C=c2c(S(=O)(=O)[O-])cc(S(=O)(=O)[O-])cc2=CC1.[Na+].[Na+]. The van der Waals surface area contributed by atoms with Gasteiger partial charge in [0.2, 0.25) is 0 Å². The molecule has 0 atom stereocenters. The van der Waals surface area contributed by atoms with Crippen LogP contribution >= 0.6 is 0 Å². The van der Waals surface area contributed by atoms with Gasteiger partial charge in [-0.15, -0.1) is 0 Å². The predicted octanol–water partition coefficient (Wildman–Crippen LogP) is -7.51. The molecule has 102 valence electrons. The molecule has 0 fully saturated rings. The standard InChI is InChI=1S/C10H9NO6S2.2Na/c11-7-2-1-6-3-8(18(12,13)14)5-10(9(6)4-7)19(15,16)17;;/h1,3-5,11H,2H2,(H,12,13,14)(H,15,16,17);;/q;2*+1/p-2. The van der Waals surface area contributed by atoms with Crippen molar-refractivity contribution in [1.82, 2.24) is 0 Å². The molecule has 0 aliphatic heterocycles. The Morgan fingerprint density at radius 1 is 1.00 bits per heavy atom. The second-order valence-corrected chi connectivity index (χ2v) is 6.64. The first kappa shape index (κ1) is 21.4. The number of benzene rings is 1. The Morgan fingerprint density at radius 3 is 2.05 bits per heavy atom. The molecule has 1 aromatic carbocycles. The maximum absolute atomic E-state index is 11.1. The van der Waals surface area contributed by atoms with Crippen LogP contribution < -0.4 is 69.6 Å². The van der Waals surface area contributed by atoms with Crippen LogP contribution in [0.4, 0.5) is 0 Å². The molecule has 0 heterocycles. The first-order valence-electron chi connectivity index (χ1n) is 4.94. The van der Waals surface area contributed by atoms with Crippen molar-refractivity contribution in [2.24, 2.45) is 0 Å². The van der Waals surface area contributed by atoms with Crippen molar-refractivity contribution in [3.8, 4) is 0 Å². The average Bonchev–Trinajstić information content (AvgIpc) is 2.24. The minimum Gasteiger partial charge on any atom is -0.744 e. The molecule has 1 aromatic rings. The molecule has 0 saturated carbocycles. The van der Waals surface area contributed by atoms with Crippen molar-refractivity contribution in [1.29, 1.82) is 5.41 Å². The second kappa shape index (κ2) is 7.35. The summed E-state index contributed by atoms with van der Waals surface area (Å²) in [6.07, 6.45) is 2.72. The van der Waals surface area contributed by atoms with E-state index in [1.54, 1.807) is 0 Å². The van der Waals surface area contributed by atoms with E-state index >= 15 is 0 Å². The van der Waals surface area contributed by atoms with Crippen molar-refractivity contribution < 1.29 is 85.1 Å². The van der Waals surface area contributed by atoms with E-state index in [9.17, 15) is 25.9 Å². The molecule has 2 rings (SSSR count). The summed E-state index contributed by atoms with van der Waals surface area (Å²) < 4.78 is 66.2. The first-order valence-corrected chi connectivity index (χ1v) is 7.76. The van der Waals surface area contributed by atoms with Crippen LogP contribution in [0.15, 0.2) is 21.9 Å². The fraction of sp³-hybridized carbons (Fsp3) is 0.100. The van der Waals surface area contributed by atoms with Crippen molar-refractivity contribution in [3.63, 3.8) is 0 Å². The van der Waals surface area contributed by atoms with E-state index in [1.165, 1.54) is 12.2 Å². The van der Waals surface area contributed by atoms with Crippen molar-refractivity contribution in [3.05, 3.63) is 22.6 Å². The van der Waals surface area contributed by atoms with Gasteiger partial charge in [0.1, 0.15) is 20.2 Å². The summed E-state index contributed by atoms with van der Waals surface area (Å²) in [4.78, 5) is -1.58. The summed E-state index contributed by atoms with van der Waals surface area (Å²) >= 11 is 0. The molecule has 1 aliphatic rings. The van der Waals surface area contributed by atoms with E-state index in [-0.39, 0.29) is 81.7 Å². The first-order chi connectivity index (χ1) is 8.59. The maximum Gasteiger partial charge on any atom is 1.00 e. The van der Waals surface area contributed by atoms with Crippen LogP contribution in [0.2, 0.25) is 0 Å². The van der Waals surface area contributed by atoms with Gasteiger partial charge < -0.3 is 14.5 Å². The van der Waals surface area contributed by atoms with Crippen molar-refractivity contribution in [2.75, 3.05) is 0 Å². The van der Waals surface area contributed by atoms with Gasteiger partial charge in [-0.25, -0.2) is 16.8 Å². The number of fused-ring (bicyclic) bond motifs is 1. The normalized spacial score (nSPS) is 13.9. The summed E-state index contributed by atoms with van der Waals surface area (Å²) in [6, 6.07) is 1.53. The van der Waals surface area contributed by atoms with E-state index in [0.717, 1.165) is 6.07 Å². The molecular formula is C10H7NNa2O6S2. The Bertz CT molecular complexity index is 906. The summed E-state index contributed by atoms with van der Waals surface area (Å²) in [6.45, 7) is 0. The summed E-state index contributed by atoms with van der Waals surface area (Å²) in [5.74, 6) is 0. The molecule has 1 N–H and O–H groups in total. The molecule has 21 heavy (non-hydrogen) atoms. The summed E-state index contributed by atoms with van der Waals surface area (Å²) in [5, 5.41) is 7.52. The van der Waals surface area contributed by atoms with E-state index in [2.05, 4.69) is 0 Å². The fourth-order valence-electron chi connectivity index (χ4n) is 1.75. The van der Waals surface area contributed by atoms with Crippen molar-refractivity contribution in [2.45, 2.75) is 16.2 Å². The molecule has 11 heteroatoms. The summed E-state index contributed by atoms with van der Waals surface area (Å²) in [7, 11) is -9.83. The Hall–Kier alpha value is 0.450. The Balaban J connectivity index is 0.00000200. The van der Waals surface area contributed by atoms with Crippen LogP contribution in [0.5, 0.6) is 0 Å². The number of hydrogen-bond acceptors (Lipinski definition) is 7. The molecule has 0 saturated heterocycles. The number of nitrogens with one attached hydrogen (secondary N) is 1. The molecule has 0 unspecified atom stereocenters. The molecule has 7 nitrogen and oxygen atoms in total. The molecule has 0 spiro atoms. The average molecular weight is 347 g/mol. The zero-order valence-corrected chi connectivity index (χ0v) is 16.9. The van der Waals surface area contributed by atoms with Gasteiger partial charge in [0.15, 0.2) is 0 Å². The van der Waals surface area contributed by atoms with Gasteiger partial charge in [-0.05, 0) is 23.4 Å². The van der Waals surface area contributed by atoms with Gasteiger partial charge in [-0.3, -0.25) is 0 Å². The van der Waals surface area contributed by atoms with Crippen LogP contribution in [0, 0.1) is 5.41 Å². The quantitative estimate of drug-likeness (QED) is 0.417.